The zero-order chi connectivity index (χ0) is 11.4. The summed E-state index contributed by atoms with van der Waals surface area (Å²) in [5.41, 5.74) is 2.46. The Kier molecular flexibility index (Phi) is 4.26. The minimum atomic E-state index is -1.10. The Morgan fingerprint density at radius 1 is 1.33 bits per heavy atom. The van der Waals surface area contributed by atoms with E-state index in [0.29, 0.717) is 0 Å². The molecule has 0 heterocycles. The largest absolute Gasteiger partial charge is 0.492 e. The van der Waals surface area contributed by atoms with Gasteiger partial charge in [-0.15, -0.1) is 0 Å². The lowest BCUT2D eigenvalue weighted by molar-refractivity contribution is 0.0857. The highest BCUT2D eigenvalue weighted by Crippen LogP contribution is 2.31. The molecule has 0 bridgehead atoms. The lowest BCUT2D eigenvalue weighted by Crippen LogP contribution is -2.13. The summed E-state index contributed by atoms with van der Waals surface area (Å²) < 4.78 is 31.3. The molecule has 1 aromatic carbocycles. The van der Waals surface area contributed by atoms with Gasteiger partial charge in [0, 0.05) is 12.1 Å². The molecule has 6 heteroatoms. The van der Waals surface area contributed by atoms with Crippen LogP contribution in [0, 0.1) is 11.6 Å². The van der Waals surface area contributed by atoms with Crippen molar-refractivity contribution in [1.29, 1.82) is 0 Å². The van der Waals surface area contributed by atoms with E-state index in [1.165, 1.54) is 20.3 Å². The summed E-state index contributed by atoms with van der Waals surface area (Å²) in [4.78, 5) is 4.52. The summed E-state index contributed by atoms with van der Waals surface area (Å²) in [7, 11) is 2.59. The molecule has 1 rings (SSSR count). The number of hydrogen-bond acceptors (Lipinski definition) is 3. The lowest BCUT2D eigenvalue weighted by atomic mass is 10.2. The smallest absolute Gasteiger partial charge is 0.202 e. The SMILES string of the molecule is CONCc1cc(Cl)c(OC)c(F)c1F. The van der Waals surface area contributed by atoms with Crippen LogP contribution in [0.5, 0.6) is 5.75 Å². The topological polar surface area (TPSA) is 30.5 Å². The summed E-state index contributed by atoms with van der Waals surface area (Å²) in [6, 6.07) is 1.28. The van der Waals surface area contributed by atoms with E-state index in [2.05, 4.69) is 15.1 Å². The molecule has 0 radical (unpaired) electrons. The highest BCUT2D eigenvalue weighted by Gasteiger charge is 2.17. The fourth-order valence-electron chi connectivity index (χ4n) is 1.09. The van der Waals surface area contributed by atoms with Crippen LogP contribution in [0.2, 0.25) is 5.02 Å². The van der Waals surface area contributed by atoms with Gasteiger partial charge in [0.05, 0.1) is 19.2 Å². The van der Waals surface area contributed by atoms with E-state index < -0.39 is 11.6 Å². The molecular formula is C9H10ClF2NO2. The van der Waals surface area contributed by atoms with Crippen molar-refractivity contribution < 1.29 is 18.4 Å². The predicted octanol–water partition coefficient (Wildman–Crippen LogP) is 2.28. The Balaban J connectivity index is 3.10. The van der Waals surface area contributed by atoms with Gasteiger partial charge in [0.25, 0.3) is 0 Å². The first-order valence-corrected chi connectivity index (χ1v) is 4.45. The van der Waals surface area contributed by atoms with Crippen LogP contribution in [0.1, 0.15) is 5.56 Å². The van der Waals surface area contributed by atoms with E-state index in [1.807, 2.05) is 0 Å². The number of rotatable bonds is 4. The van der Waals surface area contributed by atoms with E-state index in [-0.39, 0.29) is 22.9 Å². The second-order valence-corrected chi connectivity index (χ2v) is 3.11. The van der Waals surface area contributed by atoms with Crippen molar-refractivity contribution in [2.45, 2.75) is 6.54 Å². The quantitative estimate of drug-likeness (QED) is 0.644. The molecule has 1 N–H and O–H groups in total. The fourth-order valence-corrected chi connectivity index (χ4v) is 1.38. The van der Waals surface area contributed by atoms with E-state index in [4.69, 9.17) is 11.6 Å². The first kappa shape index (κ1) is 12.2. The van der Waals surface area contributed by atoms with Crippen molar-refractivity contribution in [2.24, 2.45) is 0 Å². The fraction of sp³-hybridized carbons (Fsp3) is 0.333. The maximum absolute atomic E-state index is 13.3. The monoisotopic (exact) mass is 237 g/mol. The highest BCUT2D eigenvalue weighted by atomic mass is 35.5. The van der Waals surface area contributed by atoms with Crippen LogP contribution in [0.3, 0.4) is 0 Å². The number of hydroxylamine groups is 1. The Morgan fingerprint density at radius 2 is 2.00 bits per heavy atom. The zero-order valence-electron chi connectivity index (χ0n) is 8.23. The molecule has 0 atom stereocenters. The maximum atomic E-state index is 13.3. The average Bonchev–Trinajstić information content (AvgIpc) is 2.22. The van der Waals surface area contributed by atoms with E-state index in [1.54, 1.807) is 0 Å². The second kappa shape index (κ2) is 5.25. The van der Waals surface area contributed by atoms with Gasteiger partial charge in [-0.2, -0.15) is 9.87 Å². The van der Waals surface area contributed by atoms with Crippen molar-refractivity contribution in [2.75, 3.05) is 14.2 Å². The summed E-state index contributed by atoms with van der Waals surface area (Å²) in [6.07, 6.45) is 0. The van der Waals surface area contributed by atoms with Crippen LogP contribution in [-0.4, -0.2) is 14.2 Å². The van der Waals surface area contributed by atoms with Gasteiger partial charge < -0.3 is 9.57 Å². The molecule has 0 aliphatic heterocycles. The maximum Gasteiger partial charge on any atom is 0.202 e. The van der Waals surface area contributed by atoms with Gasteiger partial charge >= 0.3 is 0 Å². The van der Waals surface area contributed by atoms with Gasteiger partial charge in [-0.25, -0.2) is 4.39 Å². The molecule has 3 nitrogen and oxygen atoms in total. The van der Waals surface area contributed by atoms with E-state index in [9.17, 15) is 8.78 Å². The van der Waals surface area contributed by atoms with Crippen molar-refractivity contribution in [3.8, 4) is 5.75 Å². The van der Waals surface area contributed by atoms with Crippen LogP contribution in [0.25, 0.3) is 0 Å². The molecule has 0 saturated heterocycles. The van der Waals surface area contributed by atoms with Crippen LogP contribution < -0.4 is 10.2 Å². The van der Waals surface area contributed by atoms with Gasteiger partial charge in [-0.05, 0) is 6.07 Å². The number of benzene rings is 1. The van der Waals surface area contributed by atoms with Gasteiger partial charge in [0.2, 0.25) is 5.82 Å². The van der Waals surface area contributed by atoms with Crippen LogP contribution in [-0.2, 0) is 11.4 Å². The second-order valence-electron chi connectivity index (χ2n) is 2.70. The van der Waals surface area contributed by atoms with Gasteiger partial charge in [-0.3, -0.25) is 0 Å². The van der Waals surface area contributed by atoms with Gasteiger partial charge in [-0.1, -0.05) is 11.6 Å². The molecule has 0 aliphatic rings. The average molecular weight is 238 g/mol. The third kappa shape index (κ3) is 2.56. The Labute approximate surface area is 90.9 Å². The lowest BCUT2D eigenvalue weighted by Gasteiger charge is -2.09. The third-order valence-corrected chi connectivity index (χ3v) is 2.08. The van der Waals surface area contributed by atoms with Crippen LogP contribution in [0.4, 0.5) is 8.78 Å². The van der Waals surface area contributed by atoms with E-state index in [0.717, 1.165) is 0 Å². The normalized spacial score (nSPS) is 10.5. The van der Waals surface area contributed by atoms with E-state index >= 15 is 0 Å². The Bertz CT molecular complexity index is 360. The standard InChI is InChI=1S/C9H10ClF2NO2/c1-14-9-6(10)3-5(4-13-15-2)7(11)8(9)12/h3,13H,4H2,1-2H3. The van der Waals surface area contributed by atoms with Crippen LogP contribution >= 0.6 is 11.6 Å². The van der Waals surface area contributed by atoms with Gasteiger partial charge in [0.1, 0.15) is 0 Å². The molecule has 15 heavy (non-hydrogen) atoms. The Morgan fingerprint density at radius 3 is 2.53 bits per heavy atom. The summed E-state index contributed by atoms with van der Waals surface area (Å²) in [6.45, 7) is 0.0168. The molecule has 0 amide bonds. The zero-order valence-corrected chi connectivity index (χ0v) is 8.99. The number of hydrogen-bond donors (Lipinski definition) is 1. The molecule has 0 aliphatic carbocycles. The number of methoxy groups -OCH3 is 1. The first-order chi connectivity index (χ1) is 7.11. The van der Waals surface area contributed by atoms with Crippen molar-refractivity contribution in [1.82, 2.24) is 5.48 Å². The predicted molar refractivity (Wildman–Crippen MR) is 51.8 cm³/mol. The number of halogens is 3. The Hall–Kier alpha value is -0.910. The van der Waals surface area contributed by atoms with Gasteiger partial charge in [0.15, 0.2) is 11.6 Å². The third-order valence-electron chi connectivity index (χ3n) is 1.80. The number of ether oxygens (including phenoxy) is 1. The minimum absolute atomic E-state index is 0.0168. The first-order valence-electron chi connectivity index (χ1n) is 4.08. The molecule has 0 aromatic heterocycles. The highest BCUT2D eigenvalue weighted by molar-refractivity contribution is 6.32. The molecule has 0 unspecified atom stereocenters. The molecule has 1 aromatic rings. The summed E-state index contributed by atoms with van der Waals surface area (Å²) >= 11 is 5.69. The van der Waals surface area contributed by atoms with Crippen molar-refractivity contribution >= 4 is 11.6 Å². The van der Waals surface area contributed by atoms with Crippen molar-refractivity contribution in [3.63, 3.8) is 0 Å². The molecule has 0 saturated carbocycles. The molecule has 84 valence electrons. The molecular weight excluding hydrogens is 228 g/mol. The van der Waals surface area contributed by atoms with Crippen molar-refractivity contribution in [3.05, 3.63) is 28.3 Å². The summed E-state index contributed by atoms with van der Waals surface area (Å²) in [5, 5.41) is 0.0179. The summed E-state index contributed by atoms with van der Waals surface area (Å²) in [5.74, 6) is -2.39. The number of nitrogens with one attached hydrogen (secondary N) is 1. The molecule has 0 spiro atoms. The molecule has 0 fully saturated rings. The minimum Gasteiger partial charge on any atom is -0.492 e. The van der Waals surface area contributed by atoms with Crippen LogP contribution in [0.15, 0.2) is 6.07 Å².